The van der Waals surface area contributed by atoms with Crippen LogP contribution in [0.1, 0.15) is 6.92 Å². The maximum atomic E-state index is 9.04. The van der Waals surface area contributed by atoms with Crippen LogP contribution in [0.2, 0.25) is 0 Å². The quantitative estimate of drug-likeness (QED) is 0.452. The second-order valence-electron chi connectivity index (χ2n) is 2.67. The topological polar surface area (TPSA) is 23.5 Å². The molecule has 2 nitrogen and oxygen atoms in total. The van der Waals surface area contributed by atoms with Gasteiger partial charge in [-0.1, -0.05) is 0 Å². The zero-order valence-corrected chi connectivity index (χ0v) is 4.81. The zero-order valence-electron chi connectivity index (χ0n) is 4.81. The van der Waals surface area contributed by atoms with Crippen LogP contribution in [0.3, 0.4) is 0 Å². The van der Waals surface area contributed by atoms with Crippen molar-refractivity contribution in [1.82, 2.24) is 4.90 Å². The van der Waals surface area contributed by atoms with E-state index in [2.05, 4.69) is 4.90 Å². The number of β-amino-alcohol motifs (C(OH)–C–C–N with tert-alkyl or cyclic N) is 1. The molecular weight excluding hydrogens is 90.1 g/mol. The predicted molar refractivity (Wildman–Crippen MR) is 28.1 cm³/mol. The van der Waals surface area contributed by atoms with Gasteiger partial charge in [0.25, 0.3) is 0 Å². The molecule has 1 aliphatic rings. The Hall–Kier alpha value is -0.0800. The average Bonchev–Trinajstić information content (AvgIpc) is 1.27. The Morgan fingerprint density at radius 3 is 2.00 bits per heavy atom. The smallest absolute Gasteiger partial charge is 0.0872 e. The number of likely N-dealkylation sites (N-methyl/N-ethyl adjacent to an activating group) is 1. The maximum absolute atomic E-state index is 9.04. The van der Waals surface area contributed by atoms with E-state index in [-0.39, 0.29) is 5.60 Å². The van der Waals surface area contributed by atoms with Crippen LogP contribution in [0.4, 0.5) is 0 Å². The molecule has 1 saturated heterocycles. The summed E-state index contributed by atoms with van der Waals surface area (Å²) in [4.78, 5) is 2.08. The molecule has 0 bridgehead atoms. The average molecular weight is 101 g/mol. The molecule has 1 aliphatic heterocycles. The van der Waals surface area contributed by atoms with Crippen molar-refractivity contribution in [3.8, 4) is 0 Å². The first-order valence-corrected chi connectivity index (χ1v) is 2.51. The Bertz CT molecular complexity index is 72.1. The van der Waals surface area contributed by atoms with Crippen molar-refractivity contribution in [2.24, 2.45) is 0 Å². The minimum atomic E-state index is -0.380. The van der Waals surface area contributed by atoms with E-state index in [4.69, 9.17) is 5.11 Å². The number of aliphatic hydroxyl groups is 1. The summed E-state index contributed by atoms with van der Waals surface area (Å²) < 4.78 is 0. The van der Waals surface area contributed by atoms with Gasteiger partial charge in [-0.05, 0) is 14.0 Å². The number of rotatable bonds is 0. The lowest BCUT2D eigenvalue weighted by Gasteiger charge is -2.41. The molecule has 0 radical (unpaired) electrons. The Balaban J connectivity index is 2.29. The first kappa shape index (κ1) is 5.06. The van der Waals surface area contributed by atoms with Gasteiger partial charge < -0.3 is 10.0 Å². The highest BCUT2D eigenvalue weighted by atomic mass is 16.3. The number of likely N-dealkylation sites (tertiary alicyclic amines) is 1. The van der Waals surface area contributed by atoms with Gasteiger partial charge in [0, 0.05) is 13.1 Å². The summed E-state index contributed by atoms with van der Waals surface area (Å²) in [5.74, 6) is 0. The molecule has 42 valence electrons. The van der Waals surface area contributed by atoms with E-state index < -0.39 is 0 Å². The summed E-state index contributed by atoms with van der Waals surface area (Å²) in [7, 11) is 2.00. The van der Waals surface area contributed by atoms with E-state index >= 15 is 0 Å². The molecule has 0 saturated carbocycles. The predicted octanol–water partition coefficient (Wildman–Crippen LogP) is -0.317. The van der Waals surface area contributed by atoms with Gasteiger partial charge in [-0.25, -0.2) is 0 Å². The summed E-state index contributed by atoms with van der Waals surface area (Å²) in [6, 6.07) is 0. The van der Waals surface area contributed by atoms with Crippen LogP contribution in [-0.2, 0) is 0 Å². The molecule has 0 unspecified atom stereocenters. The highest BCUT2D eigenvalue weighted by molar-refractivity contribution is 4.88. The van der Waals surface area contributed by atoms with Gasteiger partial charge in [0.05, 0.1) is 5.60 Å². The molecule has 0 atom stereocenters. The van der Waals surface area contributed by atoms with E-state index in [0.29, 0.717) is 0 Å². The summed E-state index contributed by atoms with van der Waals surface area (Å²) in [6.45, 7) is 3.51. The van der Waals surface area contributed by atoms with E-state index in [1.54, 1.807) is 0 Å². The number of hydrogen-bond donors (Lipinski definition) is 1. The van der Waals surface area contributed by atoms with Crippen LogP contribution in [-0.4, -0.2) is 35.7 Å². The van der Waals surface area contributed by atoms with Crippen molar-refractivity contribution >= 4 is 0 Å². The minimum Gasteiger partial charge on any atom is -0.388 e. The molecule has 0 aliphatic carbocycles. The zero-order chi connectivity index (χ0) is 5.49. The molecule has 0 spiro atoms. The normalized spacial score (nSPS) is 29.6. The van der Waals surface area contributed by atoms with Crippen molar-refractivity contribution in [1.29, 1.82) is 0 Å². The summed E-state index contributed by atoms with van der Waals surface area (Å²) in [6.07, 6.45) is 0. The van der Waals surface area contributed by atoms with Crippen molar-refractivity contribution in [3.05, 3.63) is 0 Å². The standard InChI is InChI=1S/C5H11NO/c1-5(7)3-6(2)4-5/h7H,3-4H2,1-2H3. The van der Waals surface area contributed by atoms with E-state index in [0.717, 1.165) is 13.1 Å². The highest BCUT2D eigenvalue weighted by Crippen LogP contribution is 2.16. The van der Waals surface area contributed by atoms with Crippen LogP contribution in [0.25, 0.3) is 0 Å². The van der Waals surface area contributed by atoms with Gasteiger partial charge in [-0.15, -0.1) is 0 Å². The van der Waals surface area contributed by atoms with Crippen LogP contribution >= 0.6 is 0 Å². The van der Waals surface area contributed by atoms with Gasteiger partial charge in [0.15, 0.2) is 0 Å². The van der Waals surface area contributed by atoms with Gasteiger partial charge in [-0.3, -0.25) is 0 Å². The van der Waals surface area contributed by atoms with E-state index in [9.17, 15) is 0 Å². The largest absolute Gasteiger partial charge is 0.388 e. The lowest BCUT2D eigenvalue weighted by Crippen LogP contribution is -2.57. The van der Waals surface area contributed by atoms with Gasteiger partial charge >= 0.3 is 0 Å². The van der Waals surface area contributed by atoms with E-state index in [1.807, 2.05) is 14.0 Å². The van der Waals surface area contributed by atoms with Gasteiger partial charge in [0.2, 0.25) is 0 Å². The molecule has 2 heteroatoms. The fourth-order valence-electron chi connectivity index (χ4n) is 1.12. The molecule has 1 N–H and O–H groups in total. The lowest BCUT2D eigenvalue weighted by atomic mass is 9.98. The van der Waals surface area contributed by atoms with Crippen molar-refractivity contribution < 1.29 is 5.11 Å². The molecule has 0 aromatic carbocycles. The summed E-state index contributed by atoms with van der Waals surface area (Å²) in [5, 5.41) is 9.04. The van der Waals surface area contributed by atoms with E-state index in [1.165, 1.54) is 0 Å². The molecular formula is C5H11NO. The lowest BCUT2D eigenvalue weighted by molar-refractivity contribution is -0.0705. The fourth-order valence-corrected chi connectivity index (χ4v) is 1.12. The minimum absolute atomic E-state index is 0.380. The van der Waals surface area contributed by atoms with Crippen molar-refractivity contribution in [3.63, 3.8) is 0 Å². The molecule has 0 amide bonds. The molecule has 1 fully saturated rings. The molecule has 1 rings (SSSR count). The third-order valence-corrected chi connectivity index (χ3v) is 1.22. The monoisotopic (exact) mass is 101 g/mol. The number of nitrogens with zero attached hydrogens (tertiary/aromatic N) is 1. The van der Waals surface area contributed by atoms with Crippen LogP contribution in [0.5, 0.6) is 0 Å². The molecule has 0 aromatic rings. The first-order chi connectivity index (χ1) is 3.10. The van der Waals surface area contributed by atoms with Gasteiger partial charge in [0.1, 0.15) is 0 Å². The second kappa shape index (κ2) is 1.20. The van der Waals surface area contributed by atoms with Crippen molar-refractivity contribution in [2.45, 2.75) is 12.5 Å². The number of hydrogen-bond acceptors (Lipinski definition) is 2. The Morgan fingerprint density at radius 1 is 1.57 bits per heavy atom. The Morgan fingerprint density at radius 2 is 2.00 bits per heavy atom. The second-order valence-corrected chi connectivity index (χ2v) is 2.67. The van der Waals surface area contributed by atoms with Crippen LogP contribution < -0.4 is 0 Å². The molecule has 0 aromatic heterocycles. The summed E-state index contributed by atoms with van der Waals surface area (Å²) >= 11 is 0. The fraction of sp³-hybridized carbons (Fsp3) is 1.00. The molecule has 7 heavy (non-hydrogen) atoms. The third kappa shape index (κ3) is 0.924. The Kier molecular flexibility index (Phi) is 0.869. The Labute approximate surface area is 43.7 Å². The van der Waals surface area contributed by atoms with Crippen LogP contribution in [0.15, 0.2) is 0 Å². The van der Waals surface area contributed by atoms with Crippen LogP contribution in [0, 0.1) is 0 Å². The maximum Gasteiger partial charge on any atom is 0.0872 e. The molecule has 1 heterocycles. The van der Waals surface area contributed by atoms with Crippen molar-refractivity contribution in [2.75, 3.05) is 20.1 Å². The highest BCUT2D eigenvalue weighted by Gasteiger charge is 2.33. The third-order valence-electron chi connectivity index (χ3n) is 1.22. The SMILES string of the molecule is CN1CC(C)(O)C1. The summed E-state index contributed by atoms with van der Waals surface area (Å²) in [5.41, 5.74) is -0.380. The van der Waals surface area contributed by atoms with Gasteiger partial charge in [-0.2, -0.15) is 0 Å². The first-order valence-electron chi connectivity index (χ1n) is 2.51.